The molecule has 0 aliphatic rings. The quantitative estimate of drug-likeness (QED) is 0.835. The van der Waals surface area contributed by atoms with Crippen molar-refractivity contribution >= 4 is 16.5 Å². The highest BCUT2D eigenvalue weighted by Gasteiger charge is 2.05. The third-order valence-corrected chi connectivity index (χ3v) is 2.87. The molecule has 78 valence electrons. The molecule has 1 aromatic heterocycles. The Bertz CT molecular complexity index is 411. The van der Waals surface area contributed by atoms with Gasteiger partial charge in [0.15, 0.2) is 5.13 Å². The molecule has 3 nitrogen and oxygen atoms in total. The molecule has 0 aliphatic heterocycles. The maximum atomic E-state index is 9.16. The van der Waals surface area contributed by atoms with E-state index in [4.69, 9.17) is 5.11 Å². The maximum Gasteiger partial charge on any atom is 0.183 e. The summed E-state index contributed by atoms with van der Waals surface area (Å²) in [7, 11) is 0. The van der Waals surface area contributed by atoms with E-state index in [1.165, 1.54) is 0 Å². The van der Waals surface area contributed by atoms with Crippen LogP contribution in [0.3, 0.4) is 0 Å². The molecule has 1 unspecified atom stereocenters. The monoisotopic (exact) mass is 220 g/mol. The van der Waals surface area contributed by atoms with Crippen molar-refractivity contribution in [1.29, 1.82) is 0 Å². The highest BCUT2D eigenvalue weighted by molar-refractivity contribution is 7.13. The second-order valence-corrected chi connectivity index (χ2v) is 4.19. The van der Waals surface area contributed by atoms with E-state index in [0.717, 1.165) is 10.7 Å². The predicted octanol–water partition coefficient (Wildman–Crippen LogP) is 3.02. The standard InChI is InChI=1S/C11H12N2OS/c1-8(13-11-12-6-7-15-11)9-2-4-10(14)5-3-9/h2-8,14H,1H3,(H,12,13). The number of hydrogen-bond donors (Lipinski definition) is 2. The number of nitrogens with zero attached hydrogens (tertiary/aromatic N) is 1. The van der Waals surface area contributed by atoms with Gasteiger partial charge in [0.1, 0.15) is 5.75 Å². The number of phenols is 1. The Kier molecular flexibility index (Phi) is 2.87. The molecule has 2 aromatic rings. The average molecular weight is 220 g/mol. The maximum absolute atomic E-state index is 9.16. The fourth-order valence-electron chi connectivity index (χ4n) is 1.33. The third kappa shape index (κ3) is 2.47. The van der Waals surface area contributed by atoms with Gasteiger partial charge in [0.05, 0.1) is 6.04 Å². The minimum absolute atomic E-state index is 0.191. The largest absolute Gasteiger partial charge is 0.508 e. The van der Waals surface area contributed by atoms with Crippen molar-refractivity contribution in [2.45, 2.75) is 13.0 Å². The Hall–Kier alpha value is -1.55. The smallest absolute Gasteiger partial charge is 0.183 e. The van der Waals surface area contributed by atoms with Crippen molar-refractivity contribution in [2.75, 3.05) is 5.32 Å². The van der Waals surface area contributed by atoms with Gasteiger partial charge in [0.2, 0.25) is 0 Å². The zero-order valence-electron chi connectivity index (χ0n) is 8.34. The van der Waals surface area contributed by atoms with Gasteiger partial charge in [-0.1, -0.05) is 12.1 Å². The van der Waals surface area contributed by atoms with Crippen LogP contribution in [0.25, 0.3) is 0 Å². The Balaban J connectivity index is 2.08. The van der Waals surface area contributed by atoms with Crippen LogP contribution < -0.4 is 5.32 Å². The minimum atomic E-state index is 0.191. The molecule has 0 amide bonds. The van der Waals surface area contributed by atoms with E-state index in [0.29, 0.717) is 5.75 Å². The van der Waals surface area contributed by atoms with Crippen molar-refractivity contribution in [3.63, 3.8) is 0 Å². The van der Waals surface area contributed by atoms with Gasteiger partial charge in [-0.25, -0.2) is 4.98 Å². The van der Waals surface area contributed by atoms with Crippen LogP contribution in [0.15, 0.2) is 35.8 Å². The molecule has 0 bridgehead atoms. The predicted molar refractivity (Wildman–Crippen MR) is 62.3 cm³/mol. The highest BCUT2D eigenvalue weighted by Crippen LogP contribution is 2.22. The highest BCUT2D eigenvalue weighted by atomic mass is 32.1. The fourth-order valence-corrected chi connectivity index (χ4v) is 1.94. The second-order valence-electron chi connectivity index (χ2n) is 3.29. The van der Waals surface area contributed by atoms with Gasteiger partial charge in [-0.15, -0.1) is 11.3 Å². The van der Waals surface area contributed by atoms with E-state index in [1.807, 2.05) is 17.5 Å². The number of nitrogens with one attached hydrogen (secondary N) is 1. The molecule has 2 rings (SSSR count). The molecule has 0 saturated heterocycles. The molecule has 4 heteroatoms. The van der Waals surface area contributed by atoms with Gasteiger partial charge in [-0.3, -0.25) is 0 Å². The summed E-state index contributed by atoms with van der Waals surface area (Å²) in [5.74, 6) is 0.292. The second kappa shape index (κ2) is 4.31. The van der Waals surface area contributed by atoms with Crippen LogP contribution in [0.5, 0.6) is 5.75 Å². The van der Waals surface area contributed by atoms with E-state index in [9.17, 15) is 0 Å². The van der Waals surface area contributed by atoms with Crippen molar-refractivity contribution in [3.8, 4) is 5.75 Å². The summed E-state index contributed by atoms with van der Waals surface area (Å²) >= 11 is 1.58. The molecule has 15 heavy (non-hydrogen) atoms. The number of anilines is 1. The Morgan fingerprint density at radius 1 is 1.33 bits per heavy atom. The topological polar surface area (TPSA) is 45.2 Å². The molecule has 0 radical (unpaired) electrons. The van der Waals surface area contributed by atoms with Crippen LogP contribution in [0, 0.1) is 0 Å². The average Bonchev–Trinajstić information content (AvgIpc) is 2.71. The number of phenolic OH excluding ortho intramolecular Hbond substituents is 1. The molecule has 1 heterocycles. The molecule has 1 atom stereocenters. The lowest BCUT2D eigenvalue weighted by Crippen LogP contribution is -2.05. The first-order valence-electron chi connectivity index (χ1n) is 4.70. The Morgan fingerprint density at radius 2 is 2.07 bits per heavy atom. The lowest BCUT2D eigenvalue weighted by molar-refractivity contribution is 0.475. The van der Waals surface area contributed by atoms with Gasteiger partial charge >= 0.3 is 0 Å². The summed E-state index contributed by atoms with van der Waals surface area (Å²) < 4.78 is 0. The van der Waals surface area contributed by atoms with Crippen LogP contribution in [0.1, 0.15) is 18.5 Å². The van der Waals surface area contributed by atoms with Crippen LogP contribution in [0.2, 0.25) is 0 Å². The van der Waals surface area contributed by atoms with Crippen molar-refractivity contribution < 1.29 is 5.11 Å². The normalized spacial score (nSPS) is 12.3. The number of hydrogen-bond acceptors (Lipinski definition) is 4. The zero-order valence-corrected chi connectivity index (χ0v) is 9.16. The first-order chi connectivity index (χ1) is 7.25. The van der Waals surface area contributed by atoms with E-state index < -0.39 is 0 Å². The van der Waals surface area contributed by atoms with Crippen LogP contribution >= 0.6 is 11.3 Å². The molecule has 0 fully saturated rings. The number of rotatable bonds is 3. The van der Waals surface area contributed by atoms with Crippen molar-refractivity contribution in [1.82, 2.24) is 4.98 Å². The number of thiazole rings is 1. The fraction of sp³-hybridized carbons (Fsp3) is 0.182. The van der Waals surface area contributed by atoms with Crippen LogP contribution in [-0.2, 0) is 0 Å². The summed E-state index contributed by atoms with van der Waals surface area (Å²) in [6.07, 6.45) is 1.77. The summed E-state index contributed by atoms with van der Waals surface area (Å²) in [5, 5.41) is 15.3. The lowest BCUT2D eigenvalue weighted by Gasteiger charge is -2.12. The summed E-state index contributed by atoms with van der Waals surface area (Å²) in [6, 6.07) is 7.38. The van der Waals surface area contributed by atoms with Gasteiger partial charge in [0.25, 0.3) is 0 Å². The Labute approximate surface area is 92.4 Å². The SMILES string of the molecule is CC(Nc1nccs1)c1ccc(O)cc1. The van der Waals surface area contributed by atoms with Crippen LogP contribution in [0.4, 0.5) is 5.13 Å². The molecular weight excluding hydrogens is 208 g/mol. The van der Waals surface area contributed by atoms with Crippen LogP contribution in [-0.4, -0.2) is 10.1 Å². The van der Waals surface area contributed by atoms with Gasteiger partial charge < -0.3 is 10.4 Å². The summed E-state index contributed by atoms with van der Waals surface area (Å²) in [4.78, 5) is 4.16. The van der Waals surface area contributed by atoms with E-state index >= 15 is 0 Å². The molecule has 0 aliphatic carbocycles. The van der Waals surface area contributed by atoms with Gasteiger partial charge in [-0.2, -0.15) is 0 Å². The van der Waals surface area contributed by atoms with E-state index in [1.54, 1.807) is 29.7 Å². The molecular formula is C11H12N2OS. The number of benzene rings is 1. The summed E-state index contributed by atoms with van der Waals surface area (Å²) in [6.45, 7) is 2.06. The first kappa shape index (κ1) is 9.98. The summed E-state index contributed by atoms with van der Waals surface area (Å²) in [5.41, 5.74) is 1.13. The molecule has 1 aromatic carbocycles. The molecule has 0 spiro atoms. The van der Waals surface area contributed by atoms with Gasteiger partial charge in [-0.05, 0) is 24.6 Å². The first-order valence-corrected chi connectivity index (χ1v) is 5.58. The number of aromatic nitrogens is 1. The third-order valence-electron chi connectivity index (χ3n) is 2.17. The van der Waals surface area contributed by atoms with E-state index in [-0.39, 0.29) is 6.04 Å². The minimum Gasteiger partial charge on any atom is -0.508 e. The van der Waals surface area contributed by atoms with Crippen molar-refractivity contribution in [3.05, 3.63) is 41.4 Å². The molecule has 2 N–H and O–H groups in total. The van der Waals surface area contributed by atoms with Gasteiger partial charge in [0, 0.05) is 11.6 Å². The number of aromatic hydroxyl groups is 1. The van der Waals surface area contributed by atoms with Crippen molar-refractivity contribution in [2.24, 2.45) is 0 Å². The lowest BCUT2D eigenvalue weighted by atomic mass is 10.1. The Morgan fingerprint density at radius 3 is 2.67 bits per heavy atom. The zero-order chi connectivity index (χ0) is 10.7. The van der Waals surface area contributed by atoms with E-state index in [2.05, 4.69) is 17.2 Å². The molecule has 0 saturated carbocycles.